The van der Waals surface area contributed by atoms with Crippen molar-refractivity contribution >= 4 is 17.8 Å². The fourth-order valence-electron chi connectivity index (χ4n) is 1.38. The Bertz CT molecular complexity index is 417. The van der Waals surface area contributed by atoms with Gasteiger partial charge < -0.3 is 26.1 Å². The van der Waals surface area contributed by atoms with Gasteiger partial charge >= 0.3 is 6.01 Å². The van der Waals surface area contributed by atoms with Crippen LogP contribution in [0.1, 0.15) is 19.2 Å². The molecule has 0 radical (unpaired) electrons. The first kappa shape index (κ1) is 14.9. The Morgan fingerprint density at radius 2 is 1.89 bits per heavy atom. The van der Waals surface area contributed by atoms with Crippen LogP contribution in [0.3, 0.4) is 0 Å². The lowest BCUT2D eigenvalue weighted by molar-refractivity contribution is -0.117. The minimum Gasteiger partial charge on any atom is -0.407 e. The number of nitrogens with one attached hydrogen (secondary N) is 1. The Kier molecular flexibility index (Phi) is 5.73. The quantitative estimate of drug-likeness (QED) is 0.456. The topological polar surface area (TPSA) is 140 Å². The van der Waals surface area contributed by atoms with Crippen LogP contribution < -0.4 is 21.7 Å². The zero-order valence-corrected chi connectivity index (χ0v) is 10.8. The van der Waals surface area contributed by atoms with E-state index >= 15 is 0 Å². The van der Waals surface area contributed by atoms with Crippen LogP contribution in [0, 0.1) is 0 Å². The molecule has 5 N–H and O–H groups in total. The van der Waals surface area contributed by atoms with Gasteiger partial charge in [-0.1, -0.05) is 12.0 Å². The summed E-state index contributed by atoms with van der Waals surface area (Å²) in [6, 6.07) is 0.0471. The van der Waals surface area contributed by atoms with Crippen molar-refractivity contribution in [3.63, 3.8) is 0 Å². The average Bonchev–Trinajstić information content (AvgIpc) is 2.76. The van der Waals surface area contributed by atoms with Crippen LogP contribution in [-0.2, 0) is 16.1 Å². The molecular formula is C10H18N6O3. The highest BCUT2D eigenvalue weighted by atomic mass is 16.4. The van der Waals surface area contributed by atoms with Gasteiger partial charge in [0.15, 0.2) is 0 Å². The highest BCUT2D eigenvalue weighted by Gasteiger charge is 2.18. The Morgan fingerprint density at radius 3 is 2.42 bits per heavy atom. The molecule has 1 aromatic rings. The van der Waals surface area contributed by atoms with E-state index in [9.17, 15) is 9.59 Å². The Hall–Kier alpha value is -2.16. The molecule has 0 atom stereocenters. The van der Waals surface area contributed by atoms with Gasteiger partial charge in [-0.05, 0) is 13.0 Å². The maximum atomic E-state index is 10.9. The Labute approximate surface area is 110 Å². The van der Waals surface area contributed by atoms with Crippen LogP contribution in [0.25, 0.3) is 0 Å². The minimum atomic E-state index is -0.620. The number of rotatable bonds is 9. The molecule has 1 aromatic heterocycles. The third-order valence-corrected chi connectivity index (χ3v) is 2.12. The lowest BCUT2D eigenvalue weighted by Crippen LogP contribution is -2.39. The van der Waals surface area contributed by atoms with Crippen LogP contribution >= 0.6 is 0 Å². The molecule has 0 aliphatic rings. The van der Waals surface area contributed by atoms with E-state index in [1.165, 1.54) is 4.90 Å². The fraction of sp³-hybridized carbons (Fsp3) is 0.600. The minimum absolute atomic E-state index is 0.0471. The normalized spacial score (nSPS) is 10.4. The van der Waals surface area contributed by atoms with E-state index in [1.807, 2.05) is 6.92 Å². The maximum absolute atomic E-state index is 10.9. The van der Waals surface area contributed by atoms with E-state index in [0.717, 1.165) is 13.0 Å². The molecular weight excluding hydrogens is 252 g/mol. The number of carbonyl (C=O) groups is 2. The van der Waals surface area contributed by atoms with Crippen molar-refractivity contribution in [2.24, 2.45) is 11.5 Å². The standard InChI is InChI=1S/C10H18N6O3/c1-2-3-13-4-9-14-15-10(19-9)16(5-7(11)17)6-8(12)18/h13H,2-6H2,1H3,(H2,11,17)(H2,12,18). The fourth-order valence-corrected chi connectivity index (χ4v) is 1.38. The van der Waals surface area contributed by atoms with E-state index < -0.39 is 11.8 Å². The zero-order chi connectivity index (χ0) is 14.3. The molecule has 106 valence electrons. The molecule has 0 spiro atoms. The maximum Gasteiger partial charge on any atom is 0.319 e. The van der Waals surface area contributed by atoms with Gasteiger partial charge in [-0.2, -0.15) is 0 Å². The smallest absolute Gasteiger partial charge is 0.319 e. The van der Waals surface area contributed by atoms with E-state index in [0.29, 0.717) is 12.4 Å². The largest absolute Gasteiger partial charge is 0.407 e. The number of hydrogen-bond donors (Lipinski definition) is 3. The van der Waals surface area contributed by atoms with E-state index in [-0.39, 0.29) is 19.1 Å². The summed E-state index contributed by atoms with van der Waals surface area (Å²) in [6.07, 6.45) is 0.983. The second kappa shape index (κ2) is 7.31. The van der Waals surface area contributed by atoms with E-state index in [1.54, 1.807) is 0 Å². The van der Waals surface area contributed by atoms with Crippen molar-refractivity contribution in [3.05, 3.63) is 5.89 Å². The molecule has 0 aliphatic carbocycles. The molecule has 0 aliphatic heterocycles. The molecule has 2 amide bonds. The molecule has 19 heavy (non-hydrogen) atoms. The van der Waals surface area contributed by atoms with Crippen molar-refractivity contribution in [1.29, 1.82) is 0 Å². The van der Waals surface area contributed by atoms with Gasteiger partial charge in [0.1, 0.15) is 13.1 Å². The molecule has 0 aromatic carbocycles. The first-order valence-corrected chi connectivity index (χ1v) is 5.87. The van der Waals surface area contributed by atoms with Crippen LogP contribution in [0.4, 0.5) is 6.01 Å². The Balaban J connectivity index is 2.67. The molecule has 0 unspecified atom stereocenters. The number of aromatic nitrogens is 2. The molecule has 0 bridgehead atoms. The van der Waals surface area contributed by atoms with Gasteiger partial charge in [-0.3, -0.25) is 9.59 Å². The van der Waals surface area contributed by atoms with Gasteiger partial charge in [0.05, 0.1) is 6.54 Å². The van der Waals surface area contributed by atoms with Crippen molar-refractivity contribution in [2.75, 3.05) is 24.5 Å². The van der Waals surface area contributed by atoms with Gasteiger partial charge in [0.2, 0.25) is 17.7 Å². The van der Waals surface area contributed by atoms with Gasteiger partial charge in [0, 0.05) is 0 Å². The third kappa shape index (κ3) is 5.34. The average molecular weight is 270 g/mol. The van der Waals surface area contributed by atoms with E-state index in [4.69, 9.17) is 15.9 Å². The molecule has 0 saturated heterocycles. The molecule has 1 rings (SSSR count). The summed E-state index contributed by atoms with van der Waals surface area (Å²) in [5.41, 5.74) is 10.2. The van der Waals surface area contributed by atoms with Crippen molar-refractivity contribution in [3.8, 4) is 0 Å². The van der Waals surface area contributed by atoms with Crippen LogP contribution in [0.2, 0.25) is 0 Å². The van der Waals surface area contributed by atoms with Crippen molar-refractivity contribution < 1.29 is 14.0 Å². The zero-order valence-electron chi connectivity index (χ0n) is 10.8. The second-order valence-corrected chi connectivity index (χ2v) is 3.94. The highest BCUT2D eigenvalue weighted by Crippen LogP contribution is 2.11. The number of hydrogen-bond acceptors (Lipinski definition) is 7. The van der Waals surface area contributed by atoms with Gasteiger partial charge in [-0.15, -0.1) is 5.10 Å². The van der Waals surface area contributed by atoms with Crippen molar-refractivity contribution in [2.45, 2.75) is 19.9 Å². The molecule has 1 heterocycles. The summed E-state index contributed by atoms with van der Waals surface area (Å²) in [7, 11) is 0. The molecule has 9 nitrogen and oxygen atoms in total. The number of nitrogens with zero attached hydrogens (tertiary/aromatic N) is 3. The third-order valence-electron chi connectivity index (χ3n) is 2.12. The summed E-state index contributed by atoms with van der Waals surface area (Å²) in [4.78, 5) is 23.1. The number of nitrogens with two attached hydrogens (primary N) is 2. The highest BCUT2D eigenvalue weighted by molar-refractivity contribution is 5.83. The summed E-state index contributed by atoms with van der Waals surface area (Å²) < 4.78 is 5.32. The first-order valence-electron chi connectivity index (χ1n) is 5.87. The number of primary amides is 2. The summed E-state index contributed by atoms with van der Waals surface area (Å²) in [5.74, 6) is -0.877. The molecule has 9 heteroatoms. The first-order chi connectivity index (χ1) is 9.02. The summed E-state index contributed by atoms with van der Waals surface area (Å²) in [5, 5.41) is 10.6. The Morgan fingerprint density at radius 1 is 1.26 bits per heavy atom. The number of carbonyl (C=O) groups excluding carboxylic acids is 2. The van der Waals surface area contributed by atoms with Gasteiger partial charge in [-0.25, -0.2) is 0 Å². The van der Waals surface area contributed by atoms with Crippen LogP contribution in [-0.4, -0.2) is 41.6 Å². The number of amides is 2. The van der Waals surface area contributed by atoms with Gasteiger partial charge in [0.25, 0.3) is 0 Å². The summed E-state index contributed by atoms with van der Waals surface area (Å²) >= 11 is 0. The van der Waals surface area contributed by atoms with Crippen LogP contribution in [0.5, 0.6) is 0 Å². The van der Waals surface area contributed by atoms with Crippen molar-refractivity contribution in [1.82, 2.24) is 15.5 Å². The predicted octanol–water partition coefficient (Wildman–Crippen LogP) is -1.65. The lowest BCUT2D eigenvalue weighted by atomic mass is 10.4. The van der Waals surface area contributed by atoms with Crippen LogP contribution in [0.15, 0.2) is 4.42 Å². The summed E-state index contributed by atoms with van der Waals surface area (Å²) in [6.45, 7) is 2.85. The molecule has 0 fully saturated rings. The SMILES string of the molecule is CCCNCc1nnc(N(CC(N)=O)CC(N)=O)o1. The lowest BCUT2D eigenvalue weighted by Gasteiger charge is -2.15. The number of anilines is 1. The molecule has 0 saturated carbocycles. The second-order valence-electron chi connectivity index (χ2n) is 3.94. The predicted molar refractivity (Wildman–Crippen MR) is 66.9 cm³/mol. The monoisotopic (exact) mass is 270 g/mol. The van der Waals surface area contributed by atoms with E-state index in [2.05, 4.69) is 15.5 Å².